The molecule has 0 amide bonds. The molecule has 8 heteroatoms. The minimum absolute atomic E-state index is 0.616. The standard InChI is InChI=1S/C30H27Cl2N5O/c1-20-33-29(36-17-15-30(38,16-18-36)19-21-7-3-2-4-8-21)34-28-26(22-11-13-23(31)14-12-22)27(35-37(20)28)24-9-5-6-10-25(24)32/h2-14,38H,15-19H2,1H3. The molecule has 2 aromatic heterocycles. The fourth-order valence-corrected chi connectivity index (χ4v) is 5.54. The van der Waals surface area contributed by atoms with Gasteiger partial charge < -0.3 is 10.0 Å². The number of fused-ring (bicyclic) bond motifs is 1. The Labute approximate surface area is 231 Å². The Morgan fingerprint density at radius 2 is 1.55 bits per heavy atom. The van der Waals surface area contributed by atoms with Crippen molar-refractivity contribution in [2.45, 2.75) is 31.8 Å². The highest BCUT2D eigenvalue weighted by atomic mass is 35.5. The Kier molecular flexibility index (Phi) is 6.56. The third-order valence-electron chi connectivity index (χ3n) is 7.25. The van der Waals surface area contributed by atoms with Gasteiger partial charge in [-0.05, 0) is 49.1 Å². The summed E-state index contributed by atoms with van der Waals surface area (Å²) < 4.78 is 1.78. The van der Waals surface area contributed by atoms with E-state index in [1.165, 1.54) is 0 Å². The number of aryl methyl sites for hydroxylation is 1. The van der Waals surface area contributed by atoms with Crippen LogP contribution in [0.25, 0.3) is 28.0 Å². The maximum Gasteiger partial charge on any atom is 0.229 e. The number of piperidine rings is 1. The van der Waals surface area contributed by atoms with Crippen LogP contribution in [0, 0.1) is 6.92 Å². The third kappa shape index (κ3) is 4.75. The topological polar surface area (TPSA) is 66.5 Å². The van der Waals surface area contributed by atoms with Crippen molar-refractivity contribution in [2.24, 2.45) is 0 Å². The Hall–Kier alpha value is -3.45. The fraction of sp³-hybridized carbons (Fsp3) is 0.233. The van der Waals surface area contributed by atoms with E-state index < -0.39 is 5.60 Å². The van der Waals surface area contributed by atoms with Crippen LogP contribution in [0.1, 0.15) is 24.2 Å². The van der Waals surface area contributed by atoms with E-state index in [2.05, 4.69) is 17.0 Å². The van der Waals surface area contributed by atoms with E-state index in [4.69, 9.17) is 38.3 Å². The summed E-state index contributed by atoms with van der Waals surface area (Å²) in [5.74, 6) is 1.36. The van der Waals surface area contributed by atoms with Crippen LogP contribution in [0.3, 0.4) is 0 Å². The summed E-state index contributed by atoms with van der Waals surface area (Å²) in [6, 6.07) is 25.5. The van der Waals surface area contributed by atoms with Crippen LogP contribution < -0.4 is 4.90 Å². The molecule has 1 saturated heterocycles. The fourth-order valence-electron chi connectivity index (χ4n) is 5.19. The van der Waals surface area contributed by atoms with Gasteiger partial charge in [0.15, 0.2) is 5.65 Å². The third-order valence-corrected chi connectivity index (χ3v) is 7.83. The molecule has 1 N–H and O–H groups in total. The van der Waals surface area contributed by atoms with Crippen LogP contribution in [-0.2, 0) is 6.42 Å². The highest BCUT2D eigenvalue weighted by molar-refractivity contribution is 6.33. The molecule has 0 bridgehead atoms. The number of rotatable bonds is 5. The molecule has 6 nitrogen and oxygen atoms in total. The van der Waals surface area contributed by atoms with E-state index in [1.807, 2.05) is 73.7 Å². The van der Waals surface area contributed by atoms with Gasteiger partial charge in [-0.2, -0.15) is 19.6 Å². The first-order valence-electron chi connectivity index (χ1n) is 12.7. The molecule has 1 aliphatic heterocycles. The van der Waals surface area contributed by atoms with Crippen molar-refractivity contribution in [3.05, 3.63) is 100 Å². The summed E-state index contributed by atoms with van der Waals surface area (Å²) in [5, 5.41) is 17.5. The van der Waals surface area contributed by atoms with E-state index >= 15 is 0 Å². The molecule has 6 rings (SSSR count). The maximum absolute atomic E-state index is 11.3. The molecule has 38 heavy (non-hydrogen) atoms. The average Bonchev–Trinajstić information content (AvgIpc) is 3.30. The van der Waals surface area contributed by atoms with Crippen molar-refractivity contribution in [3.8, 4) is 22.4 Å². The lowest BCUT2D eigenvalue weighted by Gasteiger charge is -2.38. The number of anilines is 1. The molecule has 0 radical (unpaired) electrons. The van der Waals surface area contributed by atoms with Gasteiger partial charge in [-0.15, -0.1) is 0 Å². The quantitative estimate of drug-likeness (QED) is 0.269. The second-order valence-corrected chi connectivity index (χ2v) is 10.7. The second kappa shape index (κ2) is 10.0. The SMILES string of the molecule is Cc1nc(N2CCC(O)(Cc3ccccc3)CC2)nc2c(-c3ccc(Cl)cc3)c(-c3ccccc3Cl)nn12. The monoisotopic (exact) mass is 543 g/mol. The molecule has 1 fully saturated rings. The number of halogens is 2. The molecule has 192 valence electrons. The summed E-state index contributed by atoms with van der Waals surface area (Å²) in [6.45, 7) is 3.27. The van der Waals surface area contributed by atoms with Crippen molar-refractivity contribution >= 4 is 34.8 Å². The van der Waals surface area contributed by atoms with E-state index in [-0.39, 0.29) is 0 Å². The largest absolute Gasteiger partial charge is 0.389 e. The normalized spacial score (nSPS) is 15.2. The summed E-state index contributed by atoms with van der Waals surface area (Å²) in [5.41, 5.74) is 4.50. The predicted octanol–water partition coefficient (Wildman–Crippen LogP) is 6.65. The maximum atomic E-state index is 11.3. The molecule has 3 heterocycles. The molecule has 0 saturated carbocycles. The van der Waals surface area contributed by atoms with Crippen molar-refractivity contribution < 1.29 is 5.11 Å². The van der Waals surface area contributed by atoms with Gasteiger partial charge in [-0.3, -0.25) is 0 Å². The van der Waals surface area contributed by atoms with Gasteiger partial charge in [0.25, 0.3) is 0 Å². The molecule has 3 aromatic carbocycles. The van der Waals surface area contributed by atoms with E-state index in [9.17, 15) is 5.11 Å². The second-order valence-electron chi connectivity index (χ2n) is 9.89. The Morgan fingerprint density at radius 3 is 2.26 bits per heavy atom. The van der Waals surface area contributed by atoms with Crippen LogP contribution >= 0.6 is 23.2 Å². The average molecular weight is 544 g/mol. The first kappa shape index (κ1) is 24.9. The van der Waals surface area contributed by atoms with Crippen LogP contribution in [0.5, 0.6) is 0 Å². The van der Waals surface area contributed by atoms with Crippen LogP contribution in [0.4, 0.5) is 5.95 Å². The smallest absolute Gasteiger partial charge is 0.229 e. The molecule has 0 aliphatic carbocycles. The van der Waals surface area contributed by atoms with Crippen LogP contribution in [0.2, 0.25) is 10.0 Å². The Balaban J connectivity index is 1.39. The summed E-state index contributed by atoms with van der Waals surface area (Å²) in [6.07, 6.45) is 1.93. The number of aliphatic hydroxyl groups is 1. The number of hydrogen-bond acceptors (Lipinski definition) is 5. The molecule has 0 unspecified atom stereocenters. The Bertz CT molecular complexity index is 1590. The number of benzene rings is 3. The first-order valence-corrected chi connectivity index (χ1v) is 13.5. The molecular weight excluding hydrogens is 517 g/mol. The number of hydrogen-bond donors (Lipinski definition) is 1. The van der Waals surface area contributed by atoms with Gasteiger partial charge in [0, 0.05) is 30.1 Å². The lowest BCUT2D eigenvalue weighted by Crippen LogP contribution is -2.46. The molecule has 1 aliphatic rings. The molecule has 0 atom stereocenters. The van der Waals surface area contributed by atoms with Gasteiger partial charge in [0.1, 0.15) is 11.5 Å². The van der Waals surface area contributed by atoms with E-state index in [1.54, 1.807) is 4.52 Å². The summed E-state index contributed by atoms with van der Waals surface area (Å²) in [7, 11) is 0. The van der Waals surface area contributed by atoms with Gasteiger partial charge in [-0.1, -0.05) is 83.9 Å². The van der Waals surface area contributed by atoms with Gasteiger partial charge in [0.2, 0.25) is 5.95 Å². The minimum atomic E-state index is -0.737. The van der Waals surface area contributed by atoms with Gasteiger partial charge in [0.05, 0.1) is 16.2 Å². The van der Waals surface area contributed by atoms with E-state index in [0.29, 0.717) is 54.0 Å². The van der Waals surface area contributed by atoms with Crippen molar-refractivity contribution in [1.29, 1.82) is 0 Å². The zero-order valence-electron chi connectivity index (χ0n) is 21.0. The lowest BCUT2D eigenvalue weighted by atomic mass is 9.85. The van der Waals surface area contributed by atoms with Crippen LogP contribution in [0.15, 0.2) is 78.9 Å². The number of nitrogens with zero attached hydrogens (tertiary/aromatic N) is 5. The highest BCUT2D eigenvalue weighted by Crippen LogP contribution is 2.39. The predicted molar refractivity (Wildman–Crippen MR) is 153 cm³/mol. The molecule has 0 spiro atoms. The highest BCUT2D eigenvalue weighted by Gasteiger charge is 2.34. The molecule has 5 aromatic rings. The van der Waals surface area contributed by atoms with Gasteiger partial charge >= 0.3 is 0 Å². The van der Waals surface area contributed by atoms with Crippen molar-refractivity contribution in [3.63, 3.8) is 0 Å². The van der Waals surface area contributed by atoms with Crippen molar-refractivity contribution in [1.82, 2.24) is 19.6 Å². The molecular formula is C30H27Cl2N5O. The van der Waals surface area contributed by atoms with E-state index in [0.717, 1.165) is 33.8 Å². The number of aromatic nitrogens is 4. The lowest BCUT2D eigenvalue weighted by molar-refractivity contribution is 0.0163. The summed E-state index contributed by atoms with van der Waals surface area (Å²) >= 11 is 12.8. The zero-order chi connectivity index (χ0) is 26.3. The Morgan fingerprint density at radius 1 is 0.868 bits per heavy atom. The summed E-state index contributed by atoms with van der Waals surface area (Å²) in [4.78, 5) is 12.0. The van der Waals surface area contributed by atoms with Gasteiger partial charge in [-0.25, -0.2) is 0 Å². The minimum Gasteiger partial charge on any atom is -0.389 e. The first-order chi connectivity index (χ1) is 18.4. The van der Waals surface area contributed by atoms with Crippen LogP contribution in [-0.4, -0.2) is 43.4 Å². The van der Waals surface area contributed by atoms with Crippen molar-refractivity contribution in [2.75, 3.05) is 18.0 Å². The zero-order valence-corrected chi connectivity index (χ0v) is 22.5.